The van der Waals surface area contributed by atoms with Crippen molar-refractivity contribution >= 4 is 44.5 Å². The third kappa shape index (κ3) is 3.84. The molecule has 0 amide bonds. The number of carbonyl (C=O) groups is 1. The maximum absolute atomic E-state index is 12.9. The van der Waals surface area contributed by atoms with Gasteiger partial charge < -0.3 is 9.15 Å². The van der Waals surface area contributed by atoms with Gasteiger partial charge in [-0.2, -0.15) is 0 Å². The van der Waals surface area contributed by atoms with E-state index in [-0.39, 0.29) is 12.0 Å². The number of rotatable bonds is 5. The number of hydrogen-bond acceptors (Lipinski definition) is 4. The van der Waals surface area contributed by atoms with Crippen LogP contribution in [0.1, 0.15) is 17.9 Å². The SMILES string of the molecule is C=CCC(C(=O)OC)c1c(-c2ccc(Cl)cc2)c2cc(Br)ccc2oc1=O. The molecule has 1 unspecified atom stereocenters. The van der Waals surface area contributed by atoms with E-state index in [1.807, 2.05) is 18.2 Å². The first-order valence-corrected chi connectivity index (χ1v) is 9.34. The number of carbonyl (C=O) groups excluding carboxylic acids is 1. The van der Waals surface area contributed by atoms with Crippen molar-refractivity contribution in [3.63, 3.8) is 0 Å². The highest BCUT2D eigenvalue weighted by Gasteiger charge is 2.29. The molecule has 138 valence electrons. The van der Waals surface area contributed by atoms with Crippen LogP contribution in [0.2, 0.25) is 5.02 Å². The molecule has 0 saturated heterocycles. The van der Waals surface area contributed by atoms with Crippen molar-refractivity contribution in [2.45, 2.75) is 12.3 Å². The van der Waals surface area contributed by atoms with Crippen molar-refractivity contribution in [2.24, 2.45) is 0 Å². The fourth-order valence-electron chi connectivity index (χ4n) is 3.07. The number of halogens is 2. The van der Waals surface area contributed by atoms with Gasteiger partial charge in [0.2, 0.25) is 0 Å². The molecule has 3 aromatic rings. The quantitative estimate of drug-likeness (QED) is 0.286. The summed E-state index contributed by atoms with van der Waals surface area (Å²) in [6.45, 7) is 3.70. The summed E-state index contributed by atoms with van der Waals surface area (Å²) in [6.07, 6.45) is 1.83. The van der Waals surface area contributed by atoms with Crippen molar-refractivity contribution in [3.05, 3.63) is 80.6 Å². The summed E-state index contributed by atoms with van der Waals surface area (Å²) in [5, 5.41) is 1.28. The van der Waals surface area contributed by atoms with Gasteiger partial charge in [-0.05, 0) is 42.3 Å². The Morgan fingerprint density at radius 3 is 2.63 bits per heavy atom. The van der Waals surface area contributed by atoms with Crippen LogP contribution in [0.25, 0.3) is 22.1 Å². The highest BCUT2D eigenvalue weighted by Crippen LogP contribution is 2.37. The average molecular weight is 448 g/mol. The predicted molar refractivity (Wildman–Crippen MR) is 110 cm³/mol. The van der Waals surface area contributed by atoms with Crippen molar-refractivity contribution in [1.29, 1.82) is 0 Å². The van der Waals surface area contributed by atoms with Gasteiger partial charge in [0.05, 0.1) is 18.6 Å². The zero-order valence-electron chi connectivity index (χ0n) is 14.5. The fourth-order valence-corrected chi connectivity index (χ4v) is 3.56. The molecule has 4 nitrogen and oxygen atoms in total. The first-order chi connectivity index (χ1) is 13.0. The van der Waals surface area contributed by atoms with Crippen LogP contribution in [0, 0.1) is 0 Å². The highest BCUT2D eigenvalue weighted by molar-refractivity contribution is 9.10. The normalized spacial score (nSPS) is 12.0. The molecule has 3 rings (SSSR count). The van der Waals surface area contributed by atoms with E-state index >= 15 is 0 Å². The first-order valence-electron chi connectivity index (χ1n) is 8.17. The van der Waals surface area contributed by atoms with Gasteiger partial charge in [-0.3, -0.25) is 4.79 Å². The largest absolute Gasteiger partial charge is 0.469 e. The molecule has 1 aromatic heterocycles. The Kier molecular flexibility index (Phi) is 5.82. The molecule has 0 spiro atoms. The van der Waals surface area contributed by atoms with Gasteiger partial charge in [0, 0.05) is 20.4 Å². The molecule has 0 aliphatic rings. The number of esters is 1. The molecule has 0 N–H and O–H groups in total. The van der Waals surface area contributed by atoms with Crippen LogP contribution in [0.3, 0.4) is 0 Å². The van der Waals surface area contributed by atoms with Crippen LogP contribution in [0.15, 0.2) is 68.8 Å². The lowest BCUT2D eigenvalue weighted by Gasteiger charge is -2.18. The molecule has 0 aliphatic heterocycles. The highest BCUT2D eigenvalue weighted by atomic mass is 79.9. The maximum atomic E-state index is 12.9. The smallest absolute Gasteiger partial charge is 0.340 e. The monoisotopic (exact) mass is 446 g/mol. The molecule has 0 bridgehead atoms. The molecule has 2 aromatic carbocycles. The van der Waals surface area contributed by atoms with Crippen molar-refractivity contribution in [1.82, 2.24) is 0 Å². The Morgan fingerprint density at radius 2 is 2.00 bits per heavy atom. The van der Waals surface area contributed by atoms with Crippen LogP contribution in [0.5, 0.6) is 0 Å². The minimum atomic E-state index is -0.821. The summed E-state index contributed by atoms with van der Waals surface area (Å²) in [4.78, 5) is 25.3. The Bertz CT molecular complexity index is 1070. The molecule has 0 radical (unpaired) electrons. The standard InChI is InChI=1S/C21H16BrClO4/c1-3-4-15(20(24)26-2)19-18(12-5-8-14(23)9-6-12)16-11-13(22)7-10-17(16)27-21(19)25/h3,5-11,15H,1,4H2,2H3. The van der Waals surface area contributed by atoms with Gasteiger partial charge in [0.1, 0.15) is 5.58 Å². The topological polar surface area (TPSA) is 56.5 Å². The van der Waals surface area contributed by atoms with Crippen molar-refractivity contribution in [2.75, 3.05) is 7.11 Å². The minimum absolute atomic E-state index is 0.245. The second kappa shape index (κ2) is 8.11. The molecule has 0 aliphatic carbocycles. The van der Waals surface area contributed by atoms with E-state index in [1.54, 1.807) is 30.3 Å². The molecular weight excluding hydrogens is 432 g/mol. The molecule has 0 fully saturated rings. The predicted octanol–water partition coefficient (Wildman–Crippen LogP) is 5.71. The van der Waals surface area contributed by atoms with Crippen LogP contribution >= 0.6 is 27.5 Å². The van der Waals surface area contributed by atoms with Gasteiger partial charge >= 0.3 is 11.6 Å². The third-order valence-electron chi connectivity index (χ3n) is 4.27. The number of methoxy groups -OCH3 is 1. The first kappa shape index (κ1) is 19.4. The van der Waals surface area contributed by atoms with Crippen LogP contribution < -0.4 is 5.63 Å². The lowest BCUT2D eigenvalue weighted by atomic mass is 9.88. The second-order valence-corrected chi connectivity index (χ2v) is 7.28. The third-order valence-corrected chi connectivity index (χ3v) is 5.02. The number of allylic oxidation sites excluding steroid dienone is 1. The minimum Gasteiger partial charge on any atom is -0.469 e. The van der Waals surface area contributed by atoms with Crippen molar-refractivity contribution < 1.29 is 13.9 Å². The Balaban J connectivity index is 2.44. The van der Waals surface area contributed by atoms with Crippen molar-refractivity contribution in [3.8, 4) is 11.1 Å². The van der Waals surface area contributed by atoms with Crippen LogP contribution in [-0.4, -0.2) is 13.1 Å². The van der Waals surface area contributed by atoms with Crippen LogP contribution in [-0.2, 0) is 9.53 Å². The Morgan fingerprint density at radius 1 is 1.30 bits per heavy atom. The molecule has 27 heavy (non-hydrogen) atoms. The van der Waals surface area contributed by atoms with Gasteiger partial charge in [0.15, 0.2) is 0 Å². The Labute approximate surface area is 169 Å². The van der Waals surface area contributed by atoms with E-state index in [0.717, 1.165) is 10.0 Å². The summed E-state index contributed by atoms with van der Waals surface area (Å²) >= 11 is 9.48. The van der Waals surface area contributed by atoms with E-state index in [1.165, 1.54) is 7.11 Å². The van der Waals surface area contributed by atoms with Crippen LogP contribution in [0.4, 0.5) is 0 Å². The number of benzene rings is 2. The lowest BCUT2D eigenvalue weighted by molar-refractivity contribution is -0.142. The Hall–Kier alpha value is -2.37. The number of fused-ring (bicyclic) bond motifs is 1. The number of ether oxygens (including phenoxy) is 1. The fraction of sp³-hybridized carbons (Fsp3) is 0.143. The summed E-state index contributed by atoms with van der Waals surface area (Å²) in [5.41, 5.74) is 1.47. The van der Waals surface area contributed by atoms with Gasteiger partial charge in [-0.25, -0.2) is 4.79 Å². The zero-order chi connectivity index (χ0) is 19.6. The lowest BCUT2D eigenvalue weighted by Crippen LogP contribution is -2.22. The average Bonchev–Trinajstić information content (AvgIpc) is 2.66. The van der Waals surface area contributed by atoms with E-state index < -0.39 is 17.5 Å². The summed E-state index contributed by atoms with van der Waals surface area (Å²) in [5.74, 6) is -1.34. The van der Waals surface area contributed by atoms with Gasteiger partial charge in [-0.15, -0.1) is 6.58 Å². The van der Waals surface area contributed by atoms with Gasteiger partial charge in [-0.1, -0.05) is 45.7 Å². The summed E-state index contributed by atoms with van der Waals surface area (Å²) in [7, 11) is 1.29. The molecule has 1 heterocycles. The zero-order valence-corrected chi connectivity index (χ0v) is 16.8. The molecular formula is C21H16BrClO4. The van der Waals surface area contributed by atoms with E-state index in [2.05, 4.69) is 22.5 Å². The second-order valence-electron chi connectivity index (χ2n) is 5.93. The van der Waals surface area contributed by atoms with E-state index in [0.29, 0.717) is 21.6 Å². The maximum Gasteiger partial charge on any atom is 0.340 e. The molecule has 0 saturated carbocycles. The summed E-state index contributed by atoms with van der Waals surface area (Å²) in [6, 6.07) is 12.4. The molecule has 1 atom stereocenters. The number of hydrogen-bond donors (Lipinski definition) is 0. The van der Waals surface area contributed by atoms with E-state index in [9.17, 15) is 9.59 Å². The van der Waals surface area contributed by atoms with Gasteiger partial charge in [0.25, 0.3) is 0 Å². The molecule has 6 heteroatoms. The summed E-state index contributed by atoms with van der Waals surface area (Å²) < 4.78 is 11.3. The van der Waals surface area contributed by atoms with E-state index in [4.69, 9.17) is 20.8 Å².